The highest BCUT2D eigenvalue weighted by molar-refractivity contribution is 5.67. The van der Waals surface area contributed by atoms with Crippen LogP contribution in [-0.4, -0.2) is 9.97 Å². The van der Waals surface area contributed by atoms with Crippen molar-refractivity contribution >= 4 is 5.70 Å². The van der Waals surface area contributed by atoms with E-state index in [4.69, 9.17) is 11.5 Å². The lowest BCUT2D eigenvalue weighted by Gasteiger charge is -2.25. The zero-order valence-corrected chi connectivity index (χ0v) is 13.4. The van der Waals surface area contributed by atoms with Crippen molar-refractivity contribution in [1.82, 2.24) is 9.97 Å². The monoisotopic (exact) mass is 344 g/mol. The SMILES string of the molecule is NC1=C(/C=C(\N)c2c(F)cccc2F)CCCC1c1cncc(=O)[nH]1. The Bertz CT molecular complexity index is 897. The van der Waals surface area contributed by atoms with Gasteiger partial charge in [-0.15, -0.1) is 0 Å². The van der Waals surface area contributed by atoms with Gasteiger partial charge in [0.05, 0.1) is 11.8 Å². The quantitative estimate of drug-likeness (QED) is 0.797. The molecular weight excluding hydrogens is 326 g/mol. The van der Waals surface area contributed by atoms with Crippen molar-refractivity contribution in [2.45, 2.75) is 25.2 Å². The van der Waals surface area contributed by atoms with Crippen molar-refractivity contribution in [2.24, 2.45) is 11.5 Å². The molecule has 2 aromatic rings. The number of H-pyrrole nitrogens is 1. The summed E-state index contributed by atoms with van der Waals surface area (Å²) >= 11 is 0. The van der Waals surface area contributed by atoms with Crippen LogP contribution in [0.25, 0.3) is 5.70 Å². The number of hydrogen-bond donors (Lipinski definition) is 3. The molecule has 0 radical (unpaired) electrons. The lowest BCUT2D eigenvalue weighted by molar-refractivity contribution is 0.575. The van der Waals surface area contributed by atoms with Crippen LogP contribution in [0.15, 0.2) is 52.7 Å². The topological polar surface area (TPSA) is 97.8 Å². The van der Waals surface area contributed by atoms with Crippen LogP contribution in [0.1, 0.15) is 36.4 Å². The standard InChI is InChI=1S/C18H18F2N4O/c19-12-5-2-6-13(20)17(12)14(21)7-10-3-1-4-11(18(10)22)15-8-23-9-16(25)24-15/h2,5-9,11H,1,3-4,21-22H2,(H,24,25)/b14-7-. The molecule has 0 bridgehead atoms. The summed E-state index contributed by atoms with van der Waals surface area (Å²) in [6, 6.07) is 3.59. The third-order valence-electron chi connectivity index (χ3n) is 4.31. The molecule has 1 unspecified atom stereocenters. The van der Waals surface area contributed by atoms with E-state index in [9.17, 15) is 13.6 Å². The molecule has 1 aliphatic rings. The molecule has 1 heterocycles. The van der Waals surface area contributed by atoms with Crippen LogP contribution in [-0.2, 0) is 0 Å². The lowest BCUT2D eigenvalue weighted by atomic mass is 9.84. The second-order valence-electron chi connectivity index (χ2n) is 5.97. The molecule has 1 aromatic carbocycles. The number of nitrogens with two attached hydrogens (primary N) is 2. The van der Waals surface area contributed by atoms with Crippen molar-refractivity contribution < 1.29 is 8.78 Å². The maximum Gasteiger partial charge on any atom is 0.266 e. The Hall–Kier alpha value is -2.96. The van der Waals surface area contributed by atoms with E-state index in [-0.39, 0.29) is 22.7 Å². The average molecular weight is 344 g/mol. The summed E-state index contributed by atoms with van der Waals surface area (Å²) in [5, 5.41) is 0. The van der Waals surface area contributed by atoms with Gasteiger partial charge < -0.3 is 16.5 Å². The second kappa shape index (κ2) is 6.88. The minimum Gasteiger partial charge on any atom is -0.401 e. The van der Waals surface area contributed by atoms with Gasteiger partial charge >= 0.3 is 0 Å². The van der Waals surface area contributed by atoms with E-state index < -0.39 is 11.6 Å². The number of aromatic nitrogens is 2. The van der Waals surface area contributed by atoms with E-state index in [0.29, 0.717) is 23.4 Å². The number of hydrogen-bond acceptors (Lipinski definition) is 4. The Labute approximate surface area is 143 Å². The Balaban J connectivity index is 2.01. The molecule has 1 atom stereocenters. The highest BCUT2D eigenvalue weighted by Crippen LogP contribution is 2.35. The molecule has 5 nitrogen and oxygen atoms in total. The first-order valence-electron chi connectivity index (χ1n) is 7.91. The molecule has 0 saturated carbocycles. The van der Waals surface area contributed by atoms with Gasteiger partial charge in [-0.1, -0.05) is 6.07 Å². The fourth-order valence-corrected chi connectivity index (χ4v) is 3.10. The molecule has 7 heteroatoms. The van der Waals surface area contributed by atoms with E-state index in [2.05, 4.69) is 9.97 Å². The smallest absolute Gasteiger partial charge is 0.266 e. The molecule has 1 aliphatic carbocycles. The highest BCUT2D eigenvalue weighted by atomic mass is 19.1. The van der Waals surface area contributed by atoms with Crippen LogP contribution in [0, 0.1) is 11.6 Å². The van der Waals surface area contributed by atoms with Crippen LogP contribution in [0.3, 0.4) is 0 Å². The number of benzene rings is 1. The molecular formula is C18H18F2N4O. The maximum absolute atomic E-state index is 13.9. The molecule has 25 heavy (non-hydrogen) atoms. The van der Waals surface area contributed by atoms with Crippen LogP contribution in [0.4, 0.5) is 8.78 Å². The molecule has 0 aliphatic heterocycles. The number of aromatic amines is 1. The zero-order chi connectivity index (χ0) is 18.0. The molecule has 5 N–H and O–H groups in total. The number of allylic oxidation sites excluding steroid dienone is 3. The van der Waals surface area contributed by atoms with Gasteiger partial charge in [0.1, 0.15) is 11.6 Å². The fraction of sp³-hybridized carbons (Fsp3) is 0.222. The van der Waals surface area contributed by atoms with Gasteiger partial charge in [-0.3, -0.25) is 9.78 Å². The van der Waals surface area contributed by atoms with Crippen molar-refractivity contribution in [3.63, 3.8) is 0 Å². The van der Waals surface area contributed by atoms with Gasteiger partial charge in [0.15, 0.2) is 0 Å². The van der Waals surface area contributed by atoms with Crippen molar-refractivity contribution in [1.29, 1.82) is 0 Å². The summed E-state index contributed by atoms with van der Waals surface area (Å²) in [5.41, 5.74) is 13.4. The first-order valence-corrected chi connectivity index (χ1v) is 7.91. The maximum atomic E-state index is 13.9. The van der Waals surface area contributed by atoms with E-state index in [0.717, 1.165) is 25.0 Å². The van der Waals surface area contributed by atoms with E-state index >= 15 is 0 Å². The van der Waals surface area contributed by atoms with Gasteiger partial charge in [-0.05, 0) is 43.0 Å². The van der Waals surface area contributed by atoms with E-state index in [1.807, 2.05) is 0 Å². The Kier molecular flexibility index (Phi) is 4.65. The second-order valence-corrected chi connectivity index (χ2v) is 5.97. The van der Waals surface area contributed by atoms with Crippen LogP contribution >= 0.6 is 0 Å². The Morgan fingerprint density at radius 1 is 1.28 bits per heavy atom. The largest absolute Gasteiger partial charge is 0.401 e. The Morgan fingerprint density at radius 2 is 2.00 bits per heavy atom. The third kappa shape index (κ3) is 3.45. The third-order valence-corrected chi connectivity index (χ3v) is 4.31. The molecule has 130 valence electrons. The molecule has 0 spiro atoms. The minimum atomic E-state index is -0.725. The van der Waals surface area contributed by atoms with Gasteiger partial charge in [0.25, 0.3) is 5.56 Å². The van der Waals surface area contributed by atoms with Gasteiger partial charge in [0, 0.05) is 29.2 Å². The van der Waals surface area contributed by atoms with Gasteiger partial charge in [0.2, 0.25) is 0 Å². The zero-order valence-electron chi connectivity index (χ0n) is 13.4. The number of rotatable bonds is 3. The van der Waals surface area contributed by atoms with Crippen molar-refractivity contribution in [2.75, 3.05) is 0 Å². The van der Waals surface area contributed by atoms with Gasteiger partial charge in [-0.2, -0.15) is 0 Å². The first kappa shape index (κ1) is 16.9. The predicted octanol–water partition coefficient (Wildman–Crippen LogP) is 2.53. The summed E-state index contributed by atoms with van der Waals surface area (Å²) in [7, 11) is 0. The summed E-state index contributed by atoms with van der Waals surface area (Å²) in [4.78, 5) is 18.1. The highest BCUT2D eigenvalue weighted by Gasteiger charge is 2.23. The number of nitrogens with zero attached hydrogens (tertiary/aromatic N) is 1. The molecule has 0 amide bonds. The summed E-state index contributed by atoms with van der Waals surface area (Å²) in [6.07, 6.45) is 6.46. The normalized spacial score (nSPS) is 18.5. The van der Waals surface area contributed by atoms with Crippen molar-refractivity contribution in [3.05, 3.63) is 81.2 Å². The molecule has 0 fully saturated rings. The van der Waals surface area contributed by atoms with Crippen LogP contribution in [0.5, 0.6) is 0 Å². The molecule has 3 rings (SSSR count). The summed E-state index contributed by atoms with van der Waals surface area (Å²) < 4.78 is 27.8. The summed E-state index contributed by atoms with van der Waals surface area (Å²) in [5.74, 6) is -1.66. The number of halogens is 2. The van der Waals surface area contributed by atoms with Crippen LogP contribution < -0.4 is 17.0 Å². The van der Waals surface area contributed by atoms with Crippen LogP contribution in [0.2, 0.25) is 0 Å². The minimum absolute atomic E-state index is 0.0196. The Morgan fingerprint density at radius 3 is 2.68 bits per heavy atom. The van der Waals surface area contributed by atoms with Gasteiger partial charge in [-0.25, -0.2) is 8.78 Å². The fourth-order valence-electron chi connectivity index (χ4n) is 3.10. The molecule has 1 aromatic heterocycles. The lowest BCUT2D eigenvalue weighted by Crippen LogP contribution is -2.21. The first-order chi connectivity index (χ1) is 12.0. The molecule has 0 saturated heterocycles. The van der Waals surface area contributed by atoms with E-state index in [1.54, 1.807) is 6.20 Å². The number of nitrogens with one attached hydrogen (secondary N) is 1. The van der Waals surface area contributed by atoms with E-state index in [1.165, 1.54) is 18.3 Å². The van der Waals surface area contributed by atoms with Crippen molar-refractivity contribution in [3.8, 4) is 0 Å². The summed E-state index contributed by atoms with van der Waals surface area (Å²) in [6.45, 7) is 0. The average Bonchev–Trinajstić information content (AvgIpc) is 2.56. The predicted molar refractivity (Wildman–Crippen MR) is 91.2 cm³/mol.